The zero-order valence-corrected chi connectivity index (χ0v) is 11.4. The second-order valence-electron chi connectivity index (χ2n) is 5.57. The van der Waals surface area contributed by atoms with E-state index in [1.807, 2.05) is 19.2 Å². The van der Waals surface area contributed by atoms with Gasteiger partial charge in [-0.05, 0) is 30.5 Å². The summed E-state index contributed by atoms with van der Waals surface area (Å²) < 4.78 is 5.59. The van der Waals surface area contributed by atoms with Crippen molar-refractivity contribution >= 4 is 11.6 Å². The van der Waals surface area contributed by atoms with Gasteiger partial charge in [-0.1, -0.05) is 12.1 Å². The van der Waals surface area contributed by atoms with Gasteiger partial charge in [0.15, 0.2) is 0 Å². The highest BCUT2D eigenvalue weighted by Gasteiger charge is 2.32. The third-order valence-electron chi connectivity index (χ3n) is 4.46. The number of amides is 1. The highest BCUT2D eigenvalue weighted by atomic mass is 16.5. The number of nitrogens with zero attached hydrogens (tertiary/aromatic N) is 1. The fourth-order valence-electron chi connectivity index (χ4n) is 3.16. The number of nitrogens with two attached hydrogens (primary N) is 1. The van der Waals surface area contributed by atoms with Gasteiger partial charge in [0.1, 0.15) is 0 Å². The molecule has 0 spiro atoms. The fourth-order valence-corrected chi connectivity index (χ4v) is 3.16. The molecule has 1 amide bonds. The van der Waals surface area contributed by atoms with Crippen LogP contribution in [0, 0.1) is 5.92 Å². The van der Waals surface area contributed by atoms with E-state index >= 15 is 0 Å². The first-order chi connectivity index (χ1) is 9.08. The van der Waals surface area contributed by atoms with Gasteiger partial charge in [0, 0.05) is 31.3 Å². The number of fused-ring (bicyclic) bond motifs is 1. The third-order valence-corrected chi connectivity index (χ3v) is 4.46. The number of ether oxygens (including phenoxy) is 1. The second kappa shape index (κ2) is 4.62. The lowest BCUT2D eigenvalue weighted by Crippen LogP contribution is -2.26. The molecule has 4 heteroatoms. The molecule has 0 saturated carbocycles. The molecule has 2 aliphatic heterocycles. The molecular weight excluding hydrogens is 240 g/mol. The summed E-state index contributed by atoms with van der Waals surface area (Å²) in [5.74, 6) is 0.520. The molecule has 2 aliphatic rings. The number of anilines is 1. The Morgan fingerprint density at radius 3 is 2.95 bits per heavy atom. The van der Waals surface area contributed by atoms with Crippen LogP contribution < -0.4 is 10.6 Å². The van der Waals surface area contributed by atoms with Crippen LogP contribution in [0.3, 0.4) is 0 Å². The first-order valence-electron chi connectivity index (χ1n) is 6.84. The van der Waals surface area contributed by atoms with Crippen molar-refractivity contribution in [2.75, 3.05) is 18.6 Å². The molecule has 0 radical (unpaired) electrons. The molecule has 0 aliphatic carbocycles. The standard InChI is InChI=1S/C15H20N2O2/c1-9-12(5-6-19-9)15(16)10-3-4-13-11(7-10)8-14(18)17(13)2/h3-4,7,9,12,15H,5-6,8,16H2,1-2H3. The summed E-state index contributed by atoms with van der Waals surface area (Å²) >= 11 is 0. The van der Waals surface area contributed by atoms with Crippen LogP contribution in [0.4, 0.5) is 5.69 Å². The summed E-state index contributed by atoms with van der Waals surface area (Å²) in [4.78, 5) is 13.4. The lowest BCUT2D eigenvalue weighted by Gasteiger charge is -2.23. The van der Waals surface area contributed by atoms with Gasteiger partial charge >= 0.3 is 0 Å². The van der Waals surface area contributed by atoms with E-state index in [-0.39, 0.29) is 18.1 Å². The van der Waals surface area contributed by atoms with E-state index in [9.17, 15) is 4.79 Å². The topological polar surface area (TPSA) is 55.6 Å². The van der Waals surface area contributed by atoms with Crippen molar-refractivity contribution in [3.8, 4) is 0 Å². The van der Waals surface area contributed by atoms with Gasteiger partial charge in [-0.15, -0.1) is 0 Å². The lowest BCUT2D eigenvalue weighted by molar-refractivity contribution is -0.117. The number of hydrogen-bond donors (Lipinski definition) is 1. The maximum Gasteiger partial charge on any atom is 0.231 e. The molecule has 0 bridgehead atoms. The van der Waals surface area contributed by atoms with Crippen LogP contribution in [0.5, 0.6) is 0 Å². The summed E-state index contributed by atoms with van der Waals surface area (Å²) in [6, 6.07) is 6.13. The third kappa shape index (κ3) is 2.05. The van der Waals surface area contributed by atoms with E-state index in [1.54, 1.807) is 4.90 Å². The van der Waals surface area contributed by atoms with Crippen LogP contribution in [0.1, 0.15) is 30.5 Å². The van der Waals surface area contributed by atoms with E-state index in [0.717, 1.165) is 29.8 Å². The summed E-state index contributed by atoms with van der Waals surface area (Å²) in [5, 5.41) is 0. The van der Waals surface area contributed by atoms with Gasteiger partial charge in [-0.3, -0.25) is 4.79 Å². The summed E-state index contributed by atoms with van der Waals surface area (Å²) in [5.41, 5.74) is 9.59. The Bertz CT molecular complexity index is 515. The second-order valence-corrected chi connectivity index (χ2v) is 5.57. The van der Waals surface area contributed by atoms with Gasteiger partial charge in [0.05, 0.1) is 12.5 Å². The molecular formula is C15H20N2O2. The predicted molar refractivity (Wildman–Crippen MR) is 74.0 cm³/mol. The van der Waals surface area contributed by atoms with Crippen molar-refractivity contribution in [1.82, 2.24) is 0 Å². The highest BCUT2D eigenvalue weighted by molar-refractivity contribution is 6.00. The minimum absolute atomic E-state index is 0.0104. The van der Waals surface area contributed by atoms with E-state index in [0.29, 0.717) is 12.3 Å². The van der Waals surface area contributed by atoms with Crippen LogP contribution >= 0.6 is 0 Å². The number of likely N-dealkylation sites (N-methyl/N-ethyl adjacent to an activating group) is 1. The Balaban J connectivity index is 1.87. The first kappa shape index (κ1) is 12.6. The number of hydrogen-bond acceptors (Lipinski definition) is 3. The number of rotatable bonds is 2. The van der Waals surface area contributed by atoms with Gasteiger partial charge in [-0.2, -0.15) is 0 Å². The molecule has 1 aromatic rings. The molecule has 4 nitrogen and oxygen atoms in total. The molecule has 2 heterocycles. The van der Waals surface area contributed by atoms with Crippen molar-refractivity contribution in [2.24, 2.45) is 11.7 Å². The minimum Gasteiger partial charge on any atom is -0.378 e. The monoisotopic (exact) mass is 260 g/mol. The van der Waals surface area contributed by atoms with Gasteiger partial charge < -0.3 is 15.4 Å². The maximum absolute atomic E-state index is 11.7. The zero-order valence-electron chi connectivity index (χ0n) is 11.4. The maximum atomic E-state index is 11.7. The van der Waals surface area contributed by atoms with Crippen LogP contribution in [-0.4, -0.2) is 25.7 Å². The predicted octanol–water partition coefficient (Wildman–Crippen LogP) is 1.63. The molecule has 3 rings (SSSR count). The largest absolute Gasteiger partial charge is 0.378 e. The molecule has 3 atom stereocenters. The molecule has 102 valence electrons. The van der Waals surface area contributed by atoms with Crippen LogP contribution in [0.25, 0.3) is 0 Å². The first-order valence-corrected chi connectivity index (χ1v) is 6.84. The van der Waals surface area contributed by atoms with E-state index in [2.05, 4.69) is 13.0 Å². The molecule has 3 unspecified atom stereocenters. The Kier molecular flexibility index (Phi) is 3.07. The fraction of sp³-hybridized carbons (Fsp3) is 0.533. The summed E-state index contributed by atoms with van der Waals surface area (Å²) in [6.45, 7) is 2.88. The van der Waals surface area contributed by atoms with Crippen molar-refractivity contribution < 1.29 is 9.53 Å². The molecule has 1 saturated heterocycles. The average molecular weight is 260 g/mol. The van der Waals surface area contributed by atoms with Crippen LogP contribution in [0.15, 0.2) is 18.2 Å². The number of carbonyl (C=O) groups is 1. The van der Waals surface area contributed by atoms with E-state index in [1.165, 1.54) is 0 Å². The molecule has 19 heavy (non-hydrogen) atoms. The molecule has 2 N–H and O–H groups in total. The van der Waals surface area contributed by atoms with Crippen molar-refractivity contribution in [2.45, 2.75) is 31.9 Å². The molecule has 0 aromatic heterocycles. The quantitative estimate of drug-likeness (QED) is 0.879. The van der Waals surface area contributed by atoms with Crippen LogP contribution in [0.2, 0.25) is 0 Å². The van der Waals surface area contributed by atoms with Gasteiger partial charge in [-0.25, -0.2) is 0 Å². The number of carbonyl (C=O) groups excluding carboxylic acids is 1. The van der Waals surface area contributed by atoms with Crippen LogP contribution in [-0.2, 0) is 16.0 Å². The Hall–Kier alpha value is -1.39. The number of benzene rings is 1. The Morgan fingerprint density at radius 2 is 2.26 bits per heavy atom. The normalized spacial score (nSPS) is 27.7. The minimum atomic E-state index is -0.0104. The van der Waals surface area contributed by atoms with E-state index < -0.39 is 0 Å². The summed E-state index contributed by atoms with van der Waals surface area (Å²) in [6.07, 6.45) is 1.72. The zero-order chi connectivity index (χ0) is 13.6. The van der Waals surface area contributed by atoms with Crippen molar-refractivity contribution in [3.05, 3.63) is 29.3 Å². The van der Waals surface area contributed by atoms with Gasteiger partial charge in [0.2, 0.25) is 5.91 Å². The Morgan fingerprint density at radius 1 is 1.47 bits per heavy atom. The van der Waals surface area contributed by atoms with Crippen molar-refractivity contribution in [1.29, 1.82) is 0 Å². The van der Waals surface area contributed by atoms with E-state index in [4.69, 9.17) is 10.5 Å². The molecule has 1 fully saturated rings. The smallest absolute Gasteiger partial charge is 0.231 e. The molecule has 1 aromatic carbocycles. The SMILES string of the molecule is CC1OCCC1C(N)c1ccc2c(c1)CC(=O)N2C. The highest BCUT2D eigenvalue weighted by Crippen LogP contribution is 2.35. The summed E-state index contributed by atoms with van der Waals surface area (Å²) in [7, 11) is 1.82. The Labute approximate surface area is 113 Å². The lowest BCUT2D eigenvalue weighted by atomic mass is 9.88. The van der Waals surface area contributed by atoms with Gasteiger partial charge in [0.25, 0.3) is 0 Å². The van der Waals surface area contributed by atoms with Crippen molar-refractivity contribution in [3.63, 3.8) is 0 Å². The average Bonchev–Trinajstić information content (AvgIpc) is 2.93.